The van der Waals surface area contributed by atoms with Gasteiger partial charge >= 0.3 is 0 Å². The molecule has 1 nitrogen and oxygen atoms in total. The monoisotopic (exact) mass is 428 g/mol. The van der Waals surface area contributed by atoms with E-state index in [1.54, 1.807) is 0 Å². The molecule has 4 aliphatic rings. The van der Waals surface area contributed by atoms with E-state index in [1.807, 2.05) is 11.1 Å². The van der Waals surface area contributed by atoms with Gasteiger partial charge in [-0.2, -0.15) is 0 Å². The lowest BCUT2D eigenvalue weighted by atomic mass is 9.45. The van der Waals surface area contributed by atoms with Crippen LogP contribution in [-0.2, 0) is 0 Å². The number of rotatable bonds is 5. The molecule has 0 bridgehead atoms. The summed E-state index contributed by atoms with van der Waals surface area (Å²) in [7, 11) is 0. The number of fused-ring (bicyclic) bond motifs is 4. The van der Waals surface area contributed by atoms with E-state index >= 15 is 0 Å². The summed E-state index contributed by atoms with van der Waals surface area (Å²) < 4.78 is 0. The Balaban J connectivity index is 1.60. The molecule has 0 saturated heterocycles. The van der Waals surface area contributed by atoms with Crippen molar-refractivity contribution in [3.05, 3.63) is 11.1 Å². The van der Waals surface area contributed by atoms with Gasteiger partial charge in [-0.25, -0.2) is 0 Å². The molecular formula is C30H52O. The maximum atomic E-state index is 10.6. The van der Waals surface area contributed by atoms with Crippen LogP contribution < -0.4 is 0 Å². The van der Waals surface area contributed by atoms with Crippen LogP contribution in [0.1, 0.15) is 120 Å². The molecule has 0 radical (unpaired) electrons. The first kappa shape index (κ1) is 23.8. The second kappa shape index (κ2) is 8.18. The third kappa shape index (κ3) is 3.50. The van der Waals surface area contributed by atoms with Gasteiger partial charge in [0.1, 0.15) is 0 Å². The van der Waals surface area contributed by atoms with Gasteiger partial charge in [0.15, 0.2) is 0 Å². The highest BCUT2D eigenvalue weighted by Gasteiger charge is 2.62. The van der Waals surface area contributed by atoms with Gasteiger partial charge < -0.3 is 5.11 Å². The van der Waals surface area contributed by atoms with Crippen LogP contribution in [0, 0.1) is 51.8 Å². The van der Waals surface area contributed by atoms with Gasteiger partial charge in [-0.05, 0) is 103 Å². The van der Waals surface area contributed by atoms with E-state index in [0.29, 0.717) is 28.1 Å². The summed E-state index contributed by atoms with van der Waals surface area (Å²) in [6.45, 7) is 20.1. The Bertz CT molecular complexity index is 705. The van der Waals surface area contributed by atoms with Crippen molar-refractivity contribution in [3.8, 4) is 0 Å². The molecule has 4 rings (SSSR count). The van der Waals surface area contributed by atoms with Gasteiger partial charge in [-0.15, -0.1) is 0 Å². The molecule has 2 saturated carbocycles. The molecule has 2 fully saturated rings. The summed E-state index contributed by atoms with van der Waals surface area (Å²) in [5, 5.41) is 10.6. The molecule has 0 aromatic carbocycles. The van der Waals surface area contributed by atoms with Crippen LogP contribution in [0.25, 0.3) is 0 Å². The molecular weight excluding hydrogens is 376 g/mol. The van der Waals surface area contributed by atoms with E-state index in [2.05, 4.69) is 55.4 Å². The summed E-state index contributed by atoms with van der Waals surface area (Å²) in [5.41, 5.74) is 5.01. The summed E-state index contributed by atoms with van der Waals surface area (Å²) in [5.74, 6) is 4.56. The van der Waals surface area contributed by atoms with E-state index in [1.165, 1.54) is 57.8 Å². The van der Waals surface area contributed by atoms with E-state index in [9.17, 15) is 5.11 Å². The van der Waals surface area contributed by atoms with Crippen LogP contribution in [0.3, 0.4) is 0 Å². The summed E-state index contributed by atoms with van der Waals surface area (Å²) >= 11 is 0. The maximum absolute atomic E-state index is 10.6. The van der Waals surface area contributed by atoms with Crippen molar-refractivity contribution in [2.24, 2.45) is 51.8 Å². The molecule has 0 heterocycles. The topological polar surface area (TPSA) is 20.2 Å². The van der Waals surface area contributed by atoms with Crippen molar-refractivity contribution < 1.29 is 5.11 Å². The van der Waals surface area contributed by atoms with E-state index in [4.69, 9.17) is 0 Å². The summed E-state index contributed by atoms with van der Waals surface area (Å²) in [6, 6.07) is 0. The molecule has 0 amide bonds. The second-order valence-electron chi connectivity index (χ2n) is 13.7. The average molecular weight is 429 g/mol. The fourth-order valence-corrected chi connectivity index (χ4v) is 9.31. The SMILES string of the molecule is CC(C)[C@@H](C)CC[C@@H](C)[C@H]1CC[C@@]2(C)C3=C(CC[C@]12C)[C@@]1(C)CC[C@H](O)[C@@H](C)[C@@H]1CC3. The van der Waals surface area contributed by atoms with Gasteiger partial charge in [0.2, 0.25) is 0 Å². The molecule has 0 spiro atoms. The number of allylic oxidation sites excluding steroid dienone is 2. The largest absolute Gasteiger partial charge is 0.393 e. The molecule has 0 aromatic rings. The Morgan fingerprint density at radius 3 is 2.26 bits per heavy atom. The van der Waals surface area contributed by atoms with Crippen LogP contribution in [0.2, 0.25) is 0 Å². The zero-order valence-corrected chi connectivity index (χ0v) is 22.1. The van der Waals surface area contributed by atoms with Crippen LogP contribution >= 0.6 is 0 Å². The van der Waals surface area contributed by atoms with Crippen molar-refractivity contribution in [2.75, 3.05) is 0 Å². The third-order valence-electron chi connectivity index (χ3n) is 12.3. The van der Waals surface area contributed by atoms with E-state index in [-0.39, 0.29) is 6.10 Å². The lowest BCUT2D eigenvalue weighted by Crippen LogP contribution is -2.51. The first-order chi connectivity index (χ1) is 14.5. The van der Waals surface area contributed by atoms with Gasteiger partial charge in [-0.1, -0.05) is 79.4 Å². The highest BCUT2D eigenvalue weighted by atomic mass is 16.3. The molecule has 4 aliphatic carbocycles. The molecule has 1 N–H and O–H groups in total. The number of aliphatic hydroxyl groups is 1. The van der Waals surface area contributed by atoms with Crippen LogP contribution in [0.5, 0.6) is 0 Å². The fourth-order valence-electron chi connectivity index (χ4n) is 9.31. The Kier molecular flexibility index (Phi) is 6.29. The molecule has 178 valence electrons. The molecule has 1 heteroatoms. The van der Waals surface area contributed by atoms with Crippen molar-refractivity contribution >= 4 is 0 Å². The normalized spacial score (nSPS) is 47.0. The van der Waals surface area contributed by atoms with E-state index < -0.39 is 0 Å². The standard InChI is InChI=1S/C30H52O/c1-19(2)20(3)9-10-21(4)23-13-17-30(8)26-12-11-24-22(5)27(31)15-16-28(24,6)25(26)14-18-29(23,30)7/h19-24,27,31H,9-18H2,1-8H3/t20-,21+,22-,23+,24-,27-,28-,29+,30-/m0/s1. The zero-order valence-electron chi connectivity index (χ0n) is 22.1. The number of hydrogen-bond acceptors (Lipinski definition) is 1. The summed E-state index contributed by atoms with van der Waals surface area (Å²) in [6.07, 6.45) is 13.2. The Morgan fingerprint density at radius 2 is 1.58 bits per heavy atom. The molecule has 0 aromatic heterocycles. The minimum atomic E-state index is -0.0744. The van der Waals surface area contributed by atoms with Crippen LogP contribution in [-0.4, -0.2) is 11.2 Å². The smallest absolute Gasteiger partial charge is 0.0569 e. The highest BCUT2D eigenvalue weighted by molar-refractivity contribution is 5.38. The van der Waals surface area contributed by atoms with Gasteiger partial charge in [-0.3, -0.25) is 0 Å². The summed E-state index contributed by atoms with van der Waals surface area (Å²) in [4.78, 5) is 0. The van der Waals surface area contributed by atoms with Crippen molar-refractivity contribution in [3.63, 3.8) is 0 Å². The van der Waals surface area contributed by atoms with Gasteiger partial charge in [0, 0.05) is 0 Å². The van der Waals surface area contributed by atoms with Crippen molar-refractivity contribution in [1.29, 1.82) is 0 Å². The lowest BCUT2D eigenvalue weighted by Gasteiger charge is -2.60. The highest BCUT2D eigenvalue weighted by Crippen LogP contribution is 2.71. The average Bonchev–Trinajstić information content (AvgIpc) is 3.00. The van der Waals surface area contributed by atoms with E-state index in [0.717, 1.165) is 30.1 Å². The quantitative estimate of drug-likeness (QED) is 0.436. The van der Waals surface area contributed by atoms with Crippen molar-refractivity contribution in [1.82, 2.24) is 0 Å². The first-order valence-electron chi connectivity index (χ1n) is 13.9. The second-order valence-corrected chi connectivity index (χ2v) is 13.7. The van der Waals surface area contributed by atoms with Crippen LogP contribution in [0.4, 0.5) is 0 Å². The predicted octanol–water partition coefficient (Wildman–Crippen LogP) is 8.41. The van der Waals surface area contributed by atoms with Crippen molar-refractivity contribution in [2.45, 2.75) is 126 Å². The fraction of sp³-hybridized carbons (Fsp3) is 0.933. The molecule has 0 aliphatic heterocycles. The zero-order chi connectivity index (χ0) is 22.8. The number of aliphatic hydroxyl groups excluding tert-OH is 1. The molecule has 0 unspecified atom stereocenters. The Morgan fingerprint density at radius 1 is 0.871 bits per heavy atom. The Hall–Kier alpha value is -0.300. The Labute approximate surface area is 193 Å². The minimum Gasteiger partial charge on any atom is -0.393 e. The number of hydrogen-bond donors (Lipinski definition) is 1. The minimum absolute atomic E-state index is 0.0744. The third-order valence-corrected chi connectivity index (χ3v) is 12.3. The molecule has 31 heavy (non-hydrogen) atoms. The lowest BCUT2D eigenvalue weighted by molar-refractivity contribution is -0.0414. The van der Waals surface area contributed by atoms with Gasteiger partial charge in [0.25, 0.3) is 0 Å². The maximum Gasteiger partial charge on any atom is 0.0569 e. The van der Waals surface area contributed by atoms with Gasteiger partial charge in [0.05, 0.1) is 6.10 Å². The predicted molar refractivity (Wildman–Crippen MR) is 133 cm³/mol. The first-order valence-corrected chi connectivity index (χ1v) is 13.9. The molecule has 9 atom stereocenters. The van der Waals surface area contributed by atoms with Crippen LogP contribution in [0.15, 0.2) is 11.1 Å².